The molecule has 0 heterocycles. The second kappa shape index (κ2) is 23.1. The molecule has 0 unspecified atom stereocenters. The Labute approximate surface area is 526 Å². The van der Waals surface area contributed by atoms with Crippen molar-refractivity contribution in [2.24, 2.45) is 40.9 Å². The second-order valence-corrected chi connectivity index (χ2v) is 30.6. The summed E-state index contributed by atoms with van der Waals surface area (Å²) in [6.07, 6.45) is 0. The van der Waals surface area contributed by atoms with Gasteiger partial charge in [-0.15, -0.1) is 30.7 Å². The monoisotopic (exact) mass is 1450 g/mol. The first-order chi connectivity index (χ1) is 43.3. The smallest absolute Gasteiger partial charge is 0.297 e. The number of fused-ring (bicyclic) bond motifs is 5. The van der Waals surface area contributed by atoms with Crippen molar-refractivity contribution in [2.45, 2.75) is 39.2 Å². The van der Waals surface area contributed by atoms with Crippen LogP contribution in [0.3, 0.4) is 0 Å². The van der Waals surface area contributed by atoms with E-state index < -0.39 is 209 Å². The van der Waals surface area contributed by atoms with E-state index in [1.165, 1.54) is 48.5 Å². The van der Waals surface area contributed by atoms with Crippen LogP contribution in [-0.4, -0.2) is 119 Å². The summed E-state index contributed by atoms with van der Waals surface area (Å²) >= 11 is 0. The number of nitrogens with two attached hydrogens (primary N) is 1. The fourth-order valence-electron chi connectivity index (χ4n) is 9.44. The van der Waals surface area contributed by atoms with Gasteiger partial charge >= 0.3 is 0 Å². The highest BCUT2D eigenvalue weighted by Crippen LogP contribution is 2.51. The topological polar surface area (TPSA) is 621 Å². The van der Waals surface area contributed by atoms with E-state index in [-0.39, 0.29) is 33.6 Å². The molecule has 10 rings (SSSR count). The van der Waals surface area contributed by atoms with E-state index in [1.807, 2.05) is 0 Å². The Kier molecular flexibility index (Phi) is 16.6. The molecule has 10 aromatic rings. The van der Waals surface area contributed by atoms with Gasteiger partial charge < -0.3 is 21.1 Å². The van der Waals surface area contributed by atoms with Crippen molar-refractivity contribution in [3.63, 3.8) is 0 Å². The van der Waals surface area contributed by atoms with Crippen LogP contribution >= 0.6 is 0 Å². The van der Waals surface area contributed by atoms with E-state index in [0.29, 0.717) is 35.7 Å². The molecule has 0 aliphatic carbocycles. The van der Waals surface area contributed by atoms with Crippen LogP contribution in [0.15, 0.2) is 201 Å². The number of benzene rings is 10. The molecule has 0 aliphatic heterocycles. The quantitative estimate of drug-likeness (QED) is 0.0243. The summed E-state index contributed by atoms with van der Waals surface area (Å²) in [7, 11) is -43.5. The predicted octanol–water partition coefficient (Wildman–Crippen LogP) is 9.79. The Morgan fingerprint density at radius 1 is 0.277 bits per heavy atom. The molecule has 488 valence electrons. The summed E-state index contributed by atoms with van der Waals surface area (Å²) in [6.45, 7) is 0. The zero-order valence-electron chi connectivity index (χ0n) is 45.4. The third-order valence-corrected chi connectivity index (χ3v) is 20.6. The molecule has 36 nitrogen and oxygen atoms in total. The Balaban J connectivity index is 1.09. The normalized spacial score (nSPS) is 13.6. The Morgan fingerprint density at radius 3 is 0.979 bits per heavy atom. The number of hydrogen-bond acceptors (Lipinski definition) is 28. The Hall–Kier alpha value is -9.62. The number of rotatable bonds is 16. The number of phenolic OH excluding ortho intramolecular Hbond substituents is 3. The van der Waals surface area contributed by atoms with Crippen LogP contribution < -0.4 is 5.73 Å². The number of phenols is 3. The molecular weight excluding hydrogens is 1420 g/mol. The van der Waals surface area contributed by atoms with E-state index in [1.54, 1.807) is 0 Å². The second-order valence-electron chi connectivity index (χ2n) is 19.5. The minimum atomic E-state index is -5.82. The summed E-state index contributed by atoms with van der Waals surface area (Å²) in [5.41, 5.74) is -1.68. The molecule has 0 spiro atoms. The number of nitrogens with zero attached hydrogens (tertiary/aromatic N) is 8. The lowest BCUT2D eigenvalue weighted by Gasteiger charge is -2.15. The highest BCUT2D eigenvalue weighted by Gasteiger charge is 2.33. The molecule has 13 N–H and O–H groups in total. The van der Waals surface area contributed by atoms with E-state index in [9.17, 15) is 119 Å². The Morgan fingerprint density at radius 2 is 0.606 bits per heavy atom. The van der Waals surface area contributed by atoms with Gasteiger partial charge in [0.2, 0.25) is 0 Å². The van der Waals surface area contributed by atoms with Crippen LogP contribution in [-0.2, 0) is 80.9 Å². The number of azo groups is 4. The summed E-state index contributed by atoms with van der Waals surface area (Å²) in [4.78, 5) is -9.63. The average molecular weight is 1450 g/mol. The number of nitrogen functional groups attached to an aromatic ring is 1. The zero-order chi connectivity index (χ0) is 69.1. The third kappa shape index (κ3) is 13.1. The van der Waals surface area contributed by atoms with Gasteiger partial charge in [-0.3, -0.25) is 36.4 Å². The zero-order valence-corrected chi connectivity index (χ0v) is 52.0. The van der Waals surface area contributed by atoms with Crippen LogP contribution in [0.5, 0.6) is 17.2 Å². The van der Waals surface area contributed by atoms with Crippen LogP contribution in [0.25, 0.3) is 53.9 Å². The summed E-state index contributed by atoms with van der Waals surface area (Å²) in [6, 6.07) is 18.6. The van der Waals surface area contributed by atoms with E-state index in [4.69, 9.17) is 5.73 Å². The maximum atomic E-state index is 13.2. The summed E-state index contributed by atoms with van der Waals surface area (Å²) in [5, 5.41) is 59.8. The minimum Gasteiger partial charge on any atom is -0.505 e. The minimum absolute atomic E-state index is 0.0929. The first-order valence-electron chi connectivity index (χ1n) is 24.6. The lowest BCUT2D eigenvalue weighted by molar-refractivity contribution is 0.471. The largest absolute Gasteiger partial charge is 0.505 e. The van der Waals surface area contributed by atoms with Crippen molar-refractivity contribution in [3.8, 4) is 17.2 Å². The van der Waals surface area contributed by atoms with Gasteiger partial charge in [0, 0.05) is 26.9 Å². The highest BCUT2D eigenvalue weighted by molar-refractivity contribution is 7.88. The van der Waals surface area contributed by atoms with Gasteiger partial charge in [0.05, 0.1) is 32.2 Å². The Bertz CT molecular complexity index is 6210. The van der Waals surface area contributed by atoms with Crippen molar-refractivity contribution < 1.29 is 119 Å². The molecule has 0 atom stereocenters. The number of anilines is 1. The van der Waals surface area contributed by atoms with Crippen LogP contribution in [0, 0.1) is 0 Å². The van der Waals surface area contributed by atoms with Gasteiger partial charge in [0.15, 0.2) is 17.2 Å². The summed E-state index contributed by atoms with van der Waals surface area (Å²) < 4.78 is 284. The molecule has 94 heavy (non-hydrogen) atoms. The molecule has 0 aromatic heterocycles. The summed E-state index contributed by atoms with van der Waals surface area (Å²) in [5.74, 6) is -4.11. The van der Waals surface area contributed by atoms with Crippen LogP contribution in [0.1, 0.15) is 0 Å². The molecular formula is C50H33N9O27S8. The van der Waals surface area contributed by atoms with Gasteiger partial charge in [0.1, 0.15) is 63.5 Å². The number of hydrogen-bond donors (Lipinski definition) is 12. The molecule has 0 bridgehead atoms. The van der Waals surface area contributed by atoms with Crippen molar-refractivity contribution >= 4 is 186 Å². The SMILES string of the molecule is Nc1c(N=Nc2ccc3c(O)c(/N=N\c4ccc5cc(S(=O)(=O)O)ccc5c4)c(S(=O)(=O)O)cc3c2S(=O)(=O)O)cc(S(=O)(=O)O)c2cc(S(=O)(=O)O)c(/N=N\c3ccc4c(O)c(/N=N\c5ccc6cc(S(=O)(=O)O)ccc6c5)c(S(=O)(=O)O)cc4c3S(=O)(=O)O)c(O)c12. The van der Waals surface area contributed by atoms with Gasteiger partial charge in [-0.25, -0.2) is 0 Å². The fourth-order valence-corrected chi connectivity index (χ4v) is 14.8. The molecule has 0 aliphatic rings. The van der Waals surface area contributed by atoms with E-state index >= 15 is 0 Å². The maximum absolute atomic E-state index is 13.2. The van der Waals surface area contributed by atoms with Gasteiger partial charge in [-0.1, -0.05) is 24.3 Å². The molecule has 0 saturated carbocycles. The third-order valence-electron chi connectivity index (χ3n) is 13.5. The molecule has 44 heteroatoms. The highest BCUT2D eigenvalue weighted by atomic mass is 32.2. The van der Waals surface area contributed by atoms with Crippen molar-refractivity contribution in [2.75, 3.05) is 5.73 Å². The average Bonchev–Trinajstić information content (AvgIpc) is 0.751. The van der Waals surface area contributed by atoms with Crippen molar-refractivity contribution in [1.29, 1.82) is 0 Å². The molecule has 0 amide bonds. The van der Waals surface area contributed by atoms with Gasteiger partial charge in [-0.2, -0.15) is 77.6 Å². The molecule has 0 radical (unpaired) electrons. The van der Waals surface area contributed by atoms with E-state index in [2.05, 4.69) is 40.9 Å². The lowest BCUT2D eigenvalue weighted by atomic mass is 10.0. The maximum Gasteiger partial charge on any atom is 0.297 e. The van der Waals surface area contributed by atoms with Crippen molar-refractivity contribution in [1.82, 2.24) is 0 Å². The first-order valence-corrected chi connectivity index (χ1v) is 36.2. The molecule has 0 saturated heterocycles. The predicted molar refractivity (Wildman–Crippen MR) is 324 cm³/mol. The van der Waals surface area contributed by atoms with Gasteiger partial charge in [-0.05, 0) is 119 Å². The molecule has 10 aromatic carbocycles. The van der Waals surface area contributed by atoms with E-state index in [0.717, 1.165) is 36.4 Å². The van der Waals surface area contributed by atoms with Gasteiger partial charge in [0.25, 0.3) is 80.9 Å². The standard InChI is InChI=1S/C50H33N9O27S8/c51-42-36(56-54-34-11-9-29-31(49(34)93(81,82)83)17-38(90(72,73)74)43(46(29)60)57-52-25-5-1-23-15-27(87(63,64)65)7-3-21(23)13-25)20-37(89(69,70)71)33-19-40(92(78,79)80)45(48(62)41(33)42)59-55-35-12-10-30-32(50(35)94(84,85)86)18-39(91(75,76)77)44(47(30)61)58-53-26-6-2-24-16-28(88(66,67)68)8-4-22(24)14-26/h1-20,60-62H,51H2,(H,63,64,65)(H,66,67,68)(H,69,70,71)(H,72,73,74)(H,75,76,77)(H,78,79,80)(H,81,82,83)(H,84,85,86)/b56-54?,57-52-,58-53-,59-55-. The van der Waals surface area contributed by atoms with Crippen LogP contribution in [0.4, 0.5) is 51.2 Å². The fraction of sp³-hybridized carbons (Fsp3) is 0. The molecule has 0 fully saturated rings. The number of aromatic hydroxyl groups is 3. The van der Waals surface area contributed by atoms with Crippen LogP contribution in [0.2, 0.25) is 0 Å². The lowest BCUT2D eigenvalue weighted by Crippen LogP contribution is -2.05. The first kappa shape index (κ1) is 67.3. The van der Waals surface area contributed by atoms with Crippen molar-refractivity contribution in [3.05, 3.63) is 121 Å².